The predicted octanol–water partition coefficient (Wildman–Crippen LogP) is 2.57. The zero-order valence-electron chi connectivity index (χ0n) is 11.6. The monoisotopic (exact) mass is 339 g/mol. The third-order valence-corrected chi connectivity index (χ3v) is 3.30. The molecule has 120 valence electrons. The van der Waals surface area contributed by atoms with E-state index in [9.17, 15) is 19.3 Å². The summed E-state index contributed by atoms with van der Waals surface area (Å²) in [4.78, 5) is 21.9. The first-order chi connectivity index (χ1) is 10.9. The quantitative estimate of drug-likeness (QED) is 0.377. The number of carbonyl (C=O) groups is 1. The predicted molar refractivity (Wildman–Crippen MR) is 80.5 cm³/mol. The number of carbonyl (C=O) groups excluding carboxylic acids is 1. The van der Waals surface area contributed by atoms with Gasteiger partial charge in [0.2, 0.25) is 0 Å². The second-order valence-electron chi connectivity index (χ2n) is 4.44. The first-order valence-electron chi connectivity index (χ1n) is 6.28. The van der Waals surface area contributed by atoms with Crippen LogP contribution in [0.5, 0.6) is 5.75 Å². The van der Waals surface area contributed by atoms with E-state index in [-0.39, 0.29) is 28.6 Å². The van der Waals surface area contributed by atoms with Crippen molar-refractivity contribution in [2.24, 2.45) is 5.84 Å². The first-order valence-corrected chi connectivity index (χ1v) is 6.66. The number of nitro benzene ring substituents is 1. The number of hydrogen-bond donors (Lipinski definition) is 2. The molecule has 0 aliphatic rings. The standard InChI is InChI=1S/C14H11ClFN3O4/c15-12-5-9(16)2-1-8(12)7-23-13-4-3-10(19(21)22)6-11(13)14(20)18-17/h1-6H,7,17H2,(H,18,20). The Balaban J connectivity index is 2.28. The Morgan fingerprint density at radius 2 is 2.09 bits per heavy atom. The first kappa shape index (κ1) is 16.7. The minimum atomic E-state index is -0.742. The van der Waals surface area contributed by atoms with Gasteiger partial charge in [-0.15, -0.1) is 0 Å². The fourth-order valence-electron chi connectivity index (χ4n) is 1.81. The number of benzene rings is 2. The van der Waals surface area contributed by atoms with Crippen LogP contribution in [0.2, 0.25) is 5.02 Å². The number of nitrogens with two attached hydrogens (primary N) is 1. The summed E-state index contributed by atoms with van der Waals surface area (Å²) >= 11 is 5.88. The van der Waals surface area contributed by atoms with Crippen LogP contribution < -0.4 is 16.0 Å². The SMILES string of the molecule is NNC(=O)c1cc([N+](=O)[O-])ccc1OCc1ccc(F)cc1Cl. The van der Waals surface area contributed by atoms with Crippen LogP contribution in [0.15, 0.2) is 36.4 Å². The zero-order chi connectivity index (χ0) is 17.0. The molecule has 7 nitrogen and oxygen atoms in total. The fraction of sp³-hybridized carbons (Fsp3) is 0.0714. The van der Waals surface area contributed by atoms with Gasteiger partial charge in [-0.3, -0.25) is 20.3 Å². The Hall–Kier alpha value is -2.71. The second-order valence-corrected chi connectivity index (χ2v) is 4.84. The van der Waals surface area contributed by atoms with Crippen molar-refractivity contribution in [1.82, 2.24) is 5.43 Å². The van der Waals surface area contributed by atoms with E-state index in [4.69, 9.17) is 22.2 Å². The summed E-state index contributed by atoms with van der Waals surface area (Å²) in [6, 6.07) is 7.29. The molecule has 9 heteroatoms. The van der Waals surface area contributed by atoms with E-state index in [1.807, 2.05) is 5.43 Å². The largest absolute Gasteiger partial charge is 0.488 e. The summed E-state index contributed by atoms with van der Waals surface area (Å²) in [5.74, 6) is 3.91. The highest BCUT2D eigenvalue weighted by Crippen LogP contribution is 2.26. The third-order valence-electron chi connectivity index (χ3n) is 2.95. The van der Waals surface area contributed by atoms with Gasteiger partial charge in [-0.1, -0.05) is 17.7 Å². The molecule has 0 radical (unpaired) electrons. The molecule has 0 heterocycles. The van der Waals surface area contributed by atoms with Gasteiger partial charge < -0.3 is 4.74 Å². The molecule has 1 amide bonds. The highest BCUT2D eigenvalue weighted by atomic mass is 35.5. The van der Waals surface area contributed by atoms with Gasteiger partial charge in [0.1, 0.15) is 18.2 Å². The molecule has 23 heavy (non-hydrogen) atoms. The molecule has 3 N–H and O–H groups in total. The van der Waals surface area contributed by atoms with Gasteiger partial charge in [0.15, 0.2) is 0 Å². The second kappa shape index (κ2) is 7.03. The van der Waals surface area contributed by atoms with E-state index in [0.717, 1.165) is 12.1 Å². The van der Waals surface area contributed by atoms with Crippen molar-refractivity contribution >= 4 is 23.2 Å². The summed E-state index contributed by atoms with van der Waals surface area (Å²) in [6.07, 6.45) is 0. The molecule has 0 atom stereocenters. The van der Waals surface area contributed by atoms with Crippen LogP contribution in [0.1, 0.15) is 15.9 Å². The molecule has 0 fully saturated rings. The van der Waals surface area contributed by atoms with Gasteiger partial charge in [0, 0.05) is 17.7 Å². The molecule has 0 saturated carbocycles. The molecule has 0 aliphatic carbocycles. The average Bonchev–Trinajstić information content (AvgIpc) is 2.53. The molecule has 2 rings (SSSR count). The van der Waals surface area contributed by atoms with Crippen molar-refractivity contribution in [3.8, 4) is 5.75 Å². The van der Waals surface area contributed by atoms with Gasteiger partial charge in [0.25, 0.3) is 11.6 Å². The van der Waals surface area contributed by atoms with Crippen molar-refractivity contribution < 1.29 is 18.8 Å². The Labute approximate surface area is 134 Å². The highest BCUT2D eigenvalue weighted by Gasteiger charge is 2.17. The van der Waals surface area contributed by atoms with Crippen molar-refractivity contribution in [3.63, 3.8) is 0 Å². The molecule has 0 bridgehead atoms. The van der Waals surface area contributed by atoms with Gasteiger partial charge >= 0.3 is 0 Å². The van der Waals surface area contributed by atoms with Crippen LogP contribution in [0.4, 0.5) is 10.1 Å². The van der Waals surface area contributed by atoms with E-state index < -0.39 is 16.6 Å². The maximum absolute atomic E-state index is 13.0. The number of hydrogen-bond acceptors (Lipinski definition) is 5. The highest BCUT2D eigenvalue weighted by molar-refractivity contribution is 6.31. The Morgan fingerprint density at radius 3 is 2.70 bits per heavy atom. The summed E-state index contributed by atoms with van der Waals surface area (Å²) in [5.41, 5.74) is 2.00. The lowest BCUT2D eigenvalue weighted by molar-refractivity contribution is -0.384. The maximum Gasteiger partial charge on any atom is 0.270 e. The van der Waals surface area contributed by atoms with Gasteiger partial charge in [-0.05, 0) is 18.2 Å². The Bertz CT molecular complexity index is 770. The zero-order valence-corrected chi connectivity index (χ0v) is 12.3. The molecular weight excluding hydrogens is 329 g/mol. The van der Waals surface area contributed by atoms with Crippen molar-refractivity contribution in [2.75, 3.05) is 0 Å². The smallest absolute Gasteiger partial charge is 0.270 e. The Morgan fingerprint density at radius 1 is 1.35 bits per heavy atom. The minimum Gasteiger partial charge on any atom is -0.488 e. The van der Waals surface area contributed by atoms with Gasteiger partial charge in [0.05, 0.1) is 15.5 Å². The lowest BCUT2D eigenvalue weighted by Gasteiger charge is -2.11. The van der Waals surface area contributed by atoms with Gasteiger partial charge in [-0.25, -0.2) is 10.2 Å². The van der Waals surface area contributed by atoms with Crippen molar-refractivity contribution in [2.45, 2.75) is 6.61 Å². The molecule has 2 aromatic carbocycles. The van der Waals surface area contributed by atoms with E-state index >= 15 is 0 Å². The molecule has 0 saturated heterocycles. The van der Waals surface area contributed by atoms with Crippen LogP contribution in [0, 0.1) is 15.9 Å². The summed E-state index contributed by atoms with van der Waals surface area (Å²) in [5, 5.41) is 10.9. The molecule has 0 aromatic heterocycles. The molecule has 0 spiro atoms. The minimum absolute atomic E-state index is 0.0538. The number of non-ortho nitro benzene ring substituents is 1. The summed E-state index contributed by atoms with van der Waals surface area (Å²) in [6.45, 7) is -0.0538. The third kappa shape index (κ3) is 3.93. The number of nitrogens with one attached hydrogen (secondary N) is 1. The number of ether oxygens (including phenoxy) is 1. The topological polar surface area (TPSA) is 107 Å². The Kier molecular flexibility index (Phi) is 5.09. The van der Waals surface area contributed by atoms with Crippen LogP contribution >= 0.6 is 11.6 Å². The fourth-order valence-corrected chi connectivity index (χ4v) is 2.03. The van der Waals surface area contributed by atoms with E-state index in [0.29, 0.717) is 5.56 Å². The molecule has 0 unspecified atom stereocenters. The summed E-state index contributed by atoms with van der Waals surface area (Å²) in [7, 11) is 0. The number of halogens is 2. The average molecular weight is 340 g/mol. The molecule has 2 aromatic rings. The number of nitro groups is 1. The number of nitrogen functional groups attached to an aromatic ring is 1. The maximum atomic E-state index is 13.0. The number of amides is 1. The molecular formula is C14H11ClFN3O4. The van der Waals surface area contributed by atoms with Crippen molar-refractivity contribution in [3.05, 3.63) is 68.5 Å². The van der Waals surface area contributed by atoms with Crippen molar-refractivity contribution in [1.29, 1.82) is 0 Å². The lowest BCUT2D eigenvalue weighted by Crippen LogP contribution is -2.30. The van der Waals surface area contributed by atoms with Crippen LogP contribution in [-0.4, -0.2) is 10.8 Å². The van der Waals surface area contributed by atoms with E-state index in [2.05, 4.69) is 0 Å². The molecule has 0 aliphatic heterocycles. The summed E-state index contributed by atoms with van der Waals surface area (Å²) < 4.78 is 18.4. The van der Waals surface area contributed by atoms with Gasteiger partial charge in [-0.2, -0.15) is 0 Å². The normalized spacial score (nSPS) is 10.2. The number of rotatable bonds is 5. The van der Waals surface area contributed by atoms with Crippen LogP contribution in [0.3, 0.4) is 0 Å². The number of nitrogens with zero attached hydrogens (tertiary/aromatic N) is 1. The van der Waals surface area contributed by atoms with Crippen LogP contribution in [-0.2, 0) is 6.61 Å². The van der Waals surface area contributed by atoms with Crippen LogP contribution in [0.25, 0.3) is 0 Å². The number of hydrazine groups is 1. The van der Waals surface area contributed by atoms with E-state index in [1.54, 1.807) is 0 Å². The van der Waals surface area contributed by atoms with E-state index in [1.165, 1.54) is 24.3 Å². The lowest BCUT2D eigenvalue weighted by atomic mass is 10.1.